The molecule has 3 rings (SSSR count). The van der Waals surface area contributed by atoms with Crippen LogP contribution in [-0.4, -0.2) is 23.5 Å². The molecule has 0 spiro atoms. The zero-order chi connectivity index (χ0) is 13.4. The quantitative estimate of drug-likeness (QED) is 0.812. The van der Waals surface area contributed by atoms with E-state index in [9.17, 15) is 4.79 Å². The third kappa shape index (κ3) is 2.32. The Morgan fingerprint density at radius 3 is 2.68 bits per heavy atom. The second-order valence-corrected chi connectivity index (χ2v) is 5.44. The maximum absolute atomic E-state index is 11.8. The summed E-state index contributed by atoms with van der Waals surface area (Å²) in [7, 11) is 0. The van der Waals surface area contributed by atoms with Crippen molar-refractivity contribution >= 4 is 28.1 Å². The highest BCUT2D eigenvalue weighted by Crippen LogP contribution is 2.30. The van der Waals surface area contributed by atoms with Crippen LogP contribution in [0.3, 0.4) is 0 Å². The molecular weight excluding hydrogens is 260 g/mol. The first kappa shape index (κ1) is 12.1. The first-order valence-electron chi connectivity index (χ1n) is 6.01. The fourth-order valence-electron chi connectivity index (χ4n) is 2.09. The number of carbonyl (C=O) groups is 1. The molecule has 1 aliphatic rings. The molecule has 1 aromatic heterocycles. The molecule has 0 bridgehead atoms. The molecule has 2 aromatic rings. The van der Waals surface area contributed by atoms with Gasteiger partial charge in [0.15, 0.2) is 5.13 Å². The smallest absolute Gasteiger partial charge is 0.230 e. The third-order valence-corrected chi connectivity index (χ3v) is 3.95. The number of benzene rings is 1. The lowest BCUT2D eigenvalue weighted by Gasteiger charge is -2.11. The highest BCUT2D eigenvalue weighted by atomic mass is 32.1. The molecule has 19 heavy (non-hydrogen) atoms. The lowest BCUT2D eigenvalue weighted by atomic mass is 10.1. The fraction of sp³-hybridized carbons (Fsp3) is 0.231. The van der Waals surface area contributed by atoms with Crippen LogP contribution in [0.1, 0.15) is 6.42 Å². The van der Waals surface area contributed by atoms with E-state index in [0.717, 1.165) is 16.9 Å². The molecule has 2 heterocycles. The number of nitrogens with zero attached hydrogens (tertiary/aromatic N) is 2. The van der Waals surface area contributed by atoms with Gasteiger partial charge in [-0.1, -0.05) is 12.1 Å². The molecule has 0 radical (unpaired) electrons. The van der Waals surface area contributed by atoms with Gasteiger partial charge >= 0.3 is 0 Å². The van der Waals surface area contributed by atoms with E-state index in [1.807, 2.05) is 29.6 Å². The highest BCUT2D eigenvalue weighted by molar-refractivity contribution is 7.14. The maximum Gasteiger partial charge on any atom is 0.230 e. The fourth-order valence-corrected chi connectivity index (χ4v) is 2.96. The Kier molecular flexibility index (Phi) is 2.96. The Morgan fingerprint density at radius 2 is 2.05 bits per heavy atom. The summed E-state index contributed by atoms with van der Waals surface area (Å²) in [4.78, 5) is 17.9. The Hall–Kier alpha value is -1.92. The lowest BCUT2D eigenvalue weighted by Crippen LogP contribution is -2.27. The van der Waals surface area contributed by atoms with Gasteiger partial charge in [0, 0.05) is 35.6 Å². The van der Waals surface area contributed by atoms with E-state index in [0.29, 0.717) is 18.1 Å². The van der Waals surface area contributed by atoms with E-state index in [4.69, 9.17) is 11.5 Å². The number of thiazole rings is 1. The molecular formula is C13H14N4OS. The molecule has 5 nitrogen and oxygen atoms in total. The molecule has 1 fully saturated rings. The summed E-state index contributed by atoms with van der Waals surface area (Å²) in [6, 6.07) is 7.44. The van der Waals surface area contributed by atoms with Gasteiger partial charge in [-0.25, -0.2) is 4.98 Å². The molecule has 4 N–H and O–H groups in total. The summed E-state index contributed by atoms with van der Waals surface area (Å²) in [6.45, 7) is 0.549. The Bertz CT molecular complexity index is 607. The molecule has 1 aliphatic heterocycles. The Morgan fingerprint density at radius 1 is 1.32 bits per heavy atom. The number of hydrogen-bond donors (Lipinski definition) is 2. The summed E-state index contributed by atoms with van der Waals surface area (Å²) in [6.07, 6.45) is 0.400. The van der Waals surface area contributed by atoms with Gasteiger partial charge < -0.3 is 11.5 Å². The number of nitrogen functional groups attached to an aromatic ring is 1. The summed E-state index contributed by atoms with van der Waals surface area (Å²) in [5, 5.41) is 2.66. The lowest BCUT2D eigenvalue weighted by molar-refractivity contribution is -0.117. The summed E-state index contributed by atoms with van der Waals surface area (Å²) >= 11 is 1.46. The number of hydrogen-bond acceptors (Lipinski definition) is 5. The van der Waals surface area contributed by atoms with Gasteiger partial charge in [-0.05, 0) is 12.1 Å². The first-order chi connectivity index (χ1) is 9.13. The van der Waals surface area contributed by atoms with Gasteiger partial charge in [-0.3, -0.25) is 9.69 Å². The minimum Gasteiger partial charge on any atom is -0.399 e. The molecule has 0 saturated carbocycles. The van der Waals surface area contributed by atoms with Crippen LogP contribution in [0.2, 0.25) is 0 Å². The molecule has 0 aliphatic carbocycles. The van der Waals surface area contributed by atoms with Crippen molar-refractivity contribution in [2.75, 3.05) is 17.2 Å². The van der Waals surface area contributed by atoms with E-state index < -0.39 is 0 Å². The highest BCUT2D eigenvalue weighted by Gasteiger charge is 2.29. The minimum atomic E-state index is -0.0867. The monoisotopic (exact) mass is 274 g/mol. The summed E-state index contributed by atoms with van der Waals surface area (Å²) in [5.41, 5.74) is 14.0. The van der Waals surface area contributed by atoms with Crippen molar-refractivity contribution in [3.63, 3.8) is 0 Å². The van der Waals surface area contributed by atoms with Crippen LogP contribution in [0.5, 0.6) is 0 Å². The maximum atomic E-state index is 11.8. The number of amides is 1. The van der Waals surface area contributed by atoms with Gasteiger partial charge in [0.05, 0.1) is 5.69 Å². The number of anilines is 2. The molecule has 1 aromatic carbocycles. The summed E-state index contributed by atoms with van der Waals surface area (Å²) < 4.78 is 0. The second kappa shape index (κ2) is 4.64. The number of aromatic nitrogens is 1. The van der Waals surface area contributed by atoms with Crippen molar-refractivity contribution in [3.05, 3.63) is 29.6 Å². The van der Waals surface area contributed by atoms with E-state index in [-0.39, 0.29) is 11.9 Å². The van der Waals surface area contributed by atoms with Crippen molar-refractivity contribution in [3.8, 4) is 11.3 Å². The SMILES string of the molecule is Nc1ccc(-c2csc(N3CC(N)CC3=O)n2)cc1. The van der Waals surface area contributed by atoms with Crippen molar-refractivity contribution in [2.24, 2.45) is 5.73 Å². The van der Waals surface area contributed by atoms with Crippen LogP contribution in [0, 0.1) is 0 Å². The zero-order valence-corrected chi connectivity index (χ0v) is 11.1. The van der Waals surface area contributed by atoms with E-state index >= 15 is 0 Å². The zero-order valence-electron chi connectivity index (χ0n) is 10.2. The van der Waals surface area contributed by atoms with Gasteiger partial charge in [0.2, 0.25) is 5.91 Å². The number of nitrogens with two attached hydrogens (primary N) is 2. The summed E-state index contributed by atoms with van der Waals surface area (Å²) in [5.74, 6) is 0.0470. The molecule has 98 valence electrons. The van der Waals surface area contributed by atoms with Crippen LogP contribution in [0.4, 0.5) is 10.8 Å². The number of carbonyl (C=O) groups excluding carboxylic acids is 1. The molecule has 1 amide bonds. The predicted molar refractivity (Wildman–Crippen MR) is 76.9 cm³/mol. The Balaban J connectivity index is 1.87. The van der Waals surface area contributed by atoms with Crippen molar-refractivity contribution in [2.45, 2.75) is 12.5 Å². The molecule has 6 heteroatoms. The topological polar surface area (TPSA) is 85.2 Å². The van der Waals surface area contributed by atoms with Crippen molar-refractivity contribution < 1.29 is 4.79 Å². The van der Waals surface area contributed by atoms with Crippen LogP contribution in [-0.2, 0) is 4.79 Å². The normalized spacial score (nSPS) is 19.1. The first-order valence-corrected chi connectivity index (χ1v) is 6.89. The van der Waals surface area contributed by atoms with Crippen molar-refractivity contribution in [1.29, 1.82) is 0 Å². The van der Waals surface area contributed by atoms with Crippen LogP contribution in [0.15, 0.2) is 29.6 Å². The largest absolute Gasteiger partial charge is 0.399 e. The van der Waals surface area contributed by atoms with E-state index in [1.54, 1.807) is 4.90 Å². The second-order valence-electron chi connectivity index (χ2n) is 4.61. The predicted octanol–water partition coefficient (Wildman–Crippen LogP) is 1.46. The van der Waals surface area contributed by atoms with Gasteiger partial charge in [-0.2, -0.15) is 0 Å². The average Bonchev–Trinajstić information content (AvgIpc) is 2.97. The van der Waals surface area contributed by atoms with Gasteiger partial charge in [0.1, 0.15) is 0 Å². The van der Waals surface area contributed by atoms with Gasteiger partial charge in [0.25, 0.3) is 0 Å². The van der Waals surface area contributed by atoms with Crippen LogP contribution >= 0.6 is 11.3 Å². The average molecular weight is 274 g/mol. The van der Waals surface area contributed by atoms with E-state index in [2.05, 4.69) is 4.98 Å². The molecule has 1 unspecified atom stereocenters. The minimum absolute atomic E-state index is 0.0470. The molecule has 1 atom stereocenters. The van der Waals surface area contributed by atoms with Gasteiger partial charge in [-0.15, -0.1) is 11.3 Å². The third-order valence-electron chi connectivity index (χ3n) is 3.08. The van der Waals surface area contributed by atoms with Crippen LogP contribution in [0.25, 0.3) is 11.3 Å². The molecule has 1 saturated heterocycles. The van der Waals surface area contributed by atoms with Crippen LogP contribution < -0.4 is 16.4 Å². The number of rotatable bonds is 2. The standard InChI is InChI=1S/C13H14N4OS/c14-9-3-1-8(2-4-9)11-7-19-13(16-11)17-6-10(15)5-12(17)18/h1-4,7,10H,5-6,14-15H2. The Labute approximate surface area is 114 Å². The van der Waals surface area contributed by atoms with E-state index in [1.165, 1.54) is 11.3 Å². The van der Waals surface area contributed by atoms with Crippen molar-refractivity contribution in [1.82, 2.24) is 4.98 Å².